The Morgan fingerprint density at radius 2 is 0.714 bits per heavy atom. The molecule has 0 saturated carbocycles. The highest BCUT2D eigenvalue weighted by Gasteiger charge is 2.13. The van der Waals surface area contributed by atoms with Gasteiger partial charge in [0.25, 0.3) is 0 Å². The lowest BCUT2D eigenvalue weighted by Crippen LogP contribution is -2.22. The maximum absolute atomic E-state index is 11.4. The van der Waals surface area contributed by atoms with Crippen molar-refractivity contribution >= 4 is 23.3 Å². The molecule has 0 aromatic heterocycles. The van der Waals surface area contributed by atoms with Crippen LogP contribution in [0.2, 0.25) is 0 Å². The van der Waals surface area contributed by atoms with Gasteiger partial charge in [-0.3, -0.25) is 0 Å². The summed E-state index contributed by atoms with van der Waals surface area (Å²) in [6.07, 6.45) is 3.70. The molecule has 0 N–H and O–H groups in total. The summed E-state index contributed by atoms with van der Waals surface area (Å²) in [5.41, 5.74) is 11.7. The molecule has 6 rings (SSSR count). The van der Waals surface area contributed by atoms with Gasteiger partial charge >= 0.3 is 11.9 Å². The lowest BCUT2D eigenvalue weighted by Gasteiger charge is -2.26. The zero-order chi connectivity index (χ0) is 39.0. The fourth-order valence-electron chi connectivity index (χ4n) is 6.53. The van der Waals surface area contributed by atoms with Gasteiger partial charge in [-0.1, -0.05) is 147 Å². The number of ether oxygens (including phenoxy) is 2. The monoisotopic (exact) mass is 740 g/mol. The second kappa shape index (κ2) is 20.1. The molecule has 0 amide bonds. The van der Waals surface area contributed by atoms with Crippen LogP contribution in [0.15, 0.2) is 183 Å². The van der Waals surface area contributed by atoms with Gasteiger partial charge in [-0.25, -0.2) is 9.59 Å². The van der Waals surface area contributed by atoms with Crippen LogP contribution < -0.4 is 9.80 Å². The SMILES string of the molecule is C=CC(=O)OCCc1ccc(CN(Cc2ccccc2)c2ccc(-c3ccc(N(Cc4ccccc4)Cc4ccc(CCOC(=O)C=C)cc4)cc3)cc2)cc1. The van der Waals surface area contributed by atoms with Crippen molar-refractivity contribution in [1.29, 1.82) is 0 Å². The standard InChI is InChI=1S/C50H48N2O4/c1-3-49(53)55-33-31-39-15-19-43(20-16-39)37-51(35-41-11-7-5-8-12-41)47-27-23-45(24-28-47)46-25-29-48(30-26-46)52(36-42-13-9-6-10-14-42)38-44-21-17-40(18-22-44)32-34-56-50(54)4-2/h3-30H,1-2,31-38H2. The molecular formula is C50H48N2O4. The first-order chi connectivity index (χ1) is 27.4. The molecule has 282 valence electrons. The summed E-state index contributed by atoms with van der Waals surface area (Å²) in [5, 5.41) is 0. The van der Waals surface area contributed by atoms with E-state index in [1.54, 1.807) is 0 Å². The normalized spacial score (nSPS) is 10.6. The van der Waals surface area contributed by atoms with E-state index < -0.39 is 11.9 Å². The van der Waals surface area contributed by atoms with Crippen LogP contribution in [0.1, 0.15) is 33.4 Å². The largest absolute Gasteiger partial charge is 0.462 e. The van der Waals surface area contributed by atoms with Crippen LogP contribution in [0.3, 0.4) is 0 Å². The average Bonchev–Trinajstić information content (AvgIpc) is 3.25. The van der Waals surface area contributed by atoms with E-state index in [-0.39, 0.29) is 0 Å². The van der Waals surface area contributed by atoms with Crippen LogP contribution in [-0.4, -0.2) is 25.2 Å². The highest BCUT2D eigenvalue weighted by molar-refractivity contribution is 5.81. The molecule has 0 aliphatic rings. The van der Waals surface area contributed by atoms with Gasteiger partial charge in [0, 0.05) is 62.5 Å². The first kappa shape index (κ1) is 39.0. The lowest BCUT2D eigenvalue weighted by molar-refractivity contribution is -0.138. The van der Waals surface area contributed by atoms with Crippen molar-refractivity contribution in [3.8, 4) is 11.1 Å². The smallest absolute Gasteiger partial charge is 0.330 e. The summed E-state index contributed by atoms with van der Waals surface area (Å²) in [5.74, 6) is -0.796. The van der Waals surface area contributed by atoms with Crippen LogP contribution >= 0.6 is 0 Å². The molecule has 0 fully saturated rings. The Morgan fingerprint density at radius 1 is 0.411 bits per heavy atom. The average molecular weight is 741 g/mol. The Labute approximate surface area is 331 Å². The molecule has 56 heavy (non-hydrogen) atoms. The Balaban J connectivity index is 1.15. The summed E-state index contributed by atoms with van der Waals surface area (Å²) >= 11 is 0. The topological polar surface area (TPSA) is 59.1 Å². The molecule has 0 aliphatic carbocycles. The zero-order valence-electron chi connectivity index (χ0n) is 31.8. The molecule has 6 aromatic carbocycles. The van der Waals surface area contributed by atoms with Gasteiger partial charge in [0.2, 0.25) is 0 Å². The van der Waals surface area contributed by atoms with E-state index in [2.05, 4.69) is 169 Å². The van der Waals surface area contributed by atoms with Crippen molar-refractivity contribution < 1.29 is 19.1 Å². The predicted molar refractivity (Wildman–Crippen MR) is 227 cm³/mol. The third kappa shape index (κ3) is 11.7. The number of carbonyl (C=O) groups is 2. The Kier molecular flexibility index (Phi) is 14.0. The highest BCUT2D eigenvalue weighted by atomic mass is 16.5. The molecule has 0 aliphatic heterocycles. The number of anilines is 2. The highest BCUT2D eigenvalue weighted by Crippen LogP contribution is 2.29. The quantitative estimate of drug-likeness (QED) is 0.0609. The van der Waals surface area contributed by atoms with Crippen molar-refractivity contribution in [3.05, 3.63) is 216 Å². The van der Waals surface area contributed by atoms with Gasteiger partial charge in [0.15, 0.2) is 0 Å². The number of nitrogens with zero attached hydrogens (tertiary/aromatic N) is 2. The summed E-state index contributed by atoms with van der Waals surface area (Å²) in [6.45, 7) is 10.6. The molecule has 0 radical (unpaired) electrons. The van der Waals surface area contributed by atoms with Crippen LogP contribution in [0.5, 0.6) is 0 Å². The third-order valence-electron chi connectivity index (χ3n) is 9.63. The van der Waals surface area contributed by atoms with Crippen molar-refractivity contribution in [3.63, 3.8) is 0 Å². The van der Waals surface area contributed by atoms with E-state index in [0.717, 1.165) is 59.8 Å². The number of benzene rings is 6. The van der Waals surface area contributed by atoms with Crippen LogP contribution in [-0.2, 0) is 58.1 Å². The van der Waals surface area contributed by atoms with Crippen LogP contribution in [0, 0.1) is 0 Å². The first-order valence-electron chi connectivity index (χ1n) is 19.0. The Morgan fingerprint density at radius 3 is 1.04 bits per heavy atom. The van der Waals surface area contributed by atoms with Gasteiger partial charge in [0.1, 0.15) is 0 Å². The fraction of sp³-hybridized carbons (Fsp3) is 0.160. The molecule has 6 aromatic rings. The second-order valence-corrected chi connectivity index (χ2v) is 13.7. The maximum atomic E-state index is 11.4. The first-order valence-corrected chi connectivity index (χ1v) is 19.0. The minimum atomic E-state index is -0.398. The van der Waals surface area contributed by atoms with Crippen molar-refractivity contribution in [1.82, 2.24) is 0 Å². The molecule has 0 heterocycles. The van der Waals surface area contributed by atoms with Crippen LogP contribution in [0.4, 0.5) is 11.4 Å². The number of rotatable bonds is 19. The minimum absolute atomic E-state index is 0.333. The van der Waals surface area contributed by atoms with Gasteiger partial charge in [-0.05, 0) is 68.8 Å². The molecule has 6 heteroatoms. The second-order valence-electron chi connectivity index (χ2n) is 13.7. The molecular weight excluding hydrogens is 693 g/mol. The predicted octanol–water partition coefficient (Wildman–Crippen LogP) is 10.3. The molecule has 0 bridgehead atoms. The number of hydrogen-bond acceptors (Lipinski definition) is 6. The fourth-order valence-corrected chi connectivity index (χ4v) is 6.53. The van der Waals surface area contributed by atoms with E-state index >= 15 is 0 Å². The number of carbonyl (C=O) groups excluding carboxylic acids is 2. The molecule has 0 atom stereocenters. The van der Waals surface area contributed by atoms with Gasteiger partial charge < -0.3 is 19.3 Å². The van der Waals surface area contributed by atoms with E-state index in [4.69, 9.17) is 9.47 Å². The van der Waals surface area contributed by atoms with Gasteiger partial charge in [-0.2, -0.15) is 0 Å². The van der Waals surface area contributed by atoms with E-state index in [1.807, 2.05) is 12.1 Å². The summed E-state index contributed by atoms with van der Waals surface area (Å²) < 4.78 is 10.3. The maximum Gasteiger partial charge on any atom is 0.330 e. The van der Waals surface area contributed by atoms with E-state index in [1.165, 1.54) is 34.4 Å². The summed E-state index contributed by atoms with van der Waals surface area (Å²) in [7, 11) is 0. The third-order valence-corrected chi connectivity index (χ3v) is 9.63. The van der Waals surface area contributed by atoms with E-state index in [9.17, 15) is 9.59 Å². The van der Waals surface area contributed by atoms with Crippen molar-refractivity contribution in [2.24, 2.45) is 0 Å². The Bertz CT molecular complexity index is 1990. The molecule has 6 nitrogen and oxygen atoms in total. The number of esters is 2. The molecule has 0 saturated heterocycles. The zero-order valence-corrected chi connectivity index (χ0v) is 31.8. The number of hydrogen-bond donors (Lipinski definition) is 0. The van der Waals surface area contributed by atoms with Gasteiger partial charge in [0.05, 0.1) is 13.2 Å². The lowest BCUT2D eigenvalue weighted by atomic mass is 10.0. The van der Waals surface area contributed by atoms with E-state index in [0.29, 0.717) is 26.1 Å². The van der Waals surface area contributed by atoms with Gasteiger partial charge in [-0.15, -0.1) is 0 Å². The summed E-state index contributed by atoms with van der Waals surface area (Å²) in [6, 6.07) is 55.8. The Hall–Kier alpha value is -6.66. The molecule has 0 spiro atoms. The van der Waals surface area contributed by atoms with Crippen molar-refractivity contribution in [2.45, 2.75) is 39.0 Å². The van der Waals surface area contributed by atoms with Crippen LogP contribution in [0.25, 0.3) is 11.1 Å². The van der Waals surface area contributed by atoms with Crippen molar-refractivity contribution in [2.75, 3.05) is 23.0 Å². The minimum Gasteiger partial charge on any atom is -0.462 e. The molecule has 0 unspecified atom stereocenters. The summed E-state index contributed by atoms with van der Waals surface area (Å²) in [4.78, 5) is 27.6.